The van der Waals surface area contributed by atoms with Crippen LogP contribution >= 0.6 is 0 Å². The molecule has 0 radical (unpaired) electrons. The molecule has 28 heavy (non-hydrogen) atoms. The number of carbonyl (C=O) groups is 1. The van der Waals surface area contributed by atoms with E-state index < -0.39 is 5.79 Å². The summed E-state index contributed by atoms with van der Waals surface area (Å²) in [5.41, 5.74) is 0.755. The van der Waals surface area contributed by atoms with Crippen LogP contribution in [0.15, 0.2) is 18.2 Å². The van der Waals surface area contributed by atoms with Crippen molar-refractivity contribution in [2.75, 3.05) is 38.2 Å². The van der Waals surface area contributed by atoms with Crippen molar-refractivity contribution < 1.29 is 23.7 Å². The van der Waals surface area contributed by atoms with Crippen molar-refractivity contribution in [2.45, 2.75) is 50.6 Å². The van der Waals surface area contributed by atoms with Crippen molar-refractivity contribution in [2.24, 2.45) is 5.92 Å². The van der Waals surface area contributed by atoms with Gasteiger partial charge in [0.2, 0.25) is 5.91 Å². The first-order valence-corrected chi connectivity index (χ1v) is 10.5. The summed E-state index contributed by atoms with van der Waals surface area (Å²) < 4.78 is 23.3. The van der Waals surface area contributed by atoms with E-state index in [0.29, 0.717) is 25.7 Å². The second-order valence-electron chi connectivity index (χ2n) is 8.26. The molecular formula is C21H28N2O5. The Morgan fingerprint density at radius 2 is 1.79 bits per heavy atom. The minimum Gasteiger partial charge on any atom is -0.448 e. The van der Waals surface area contributed by atoms with Gasteiger partial charge in [-0.3, -0.25) is 9.69 Å². The number of carbonyl (C=O) groups excluding carboxylic acids is 1. The van der Waals surface area contributed by atoms with E-state index in [1.807, 2.05) is 18.2 Å². The summed E-state index contributed by atoms with van der Waals surface area (Å²) in [5, 5.41) is 3.00. The molecule has 7 heteroatoms. The molecule has 3 fully saturated rings. The summed E-state index contributed by atoms with van der Waals surface area (Å²) >= 11 is 0. The quantitative estimate of drug-likeness (QED) is 0.855. The van der Waals surface area contributed by atoms with Crippen LogP contribution in [0.2, 0.25) is 0 Å². The number of benzene rings is 1. The van der Waals surface area contributed by atoms with Gasteiger partial charge in [0.15, 0.2) is 17.8 Å². The molecule has 7 nitrogen and oxygen atoms in total. The SMILES string of the molecule is O=C(CN1CCC(C2OCCO2)CC1)Nc1ccc2c(c1)OC1(CCCC1)O2. The molecule has 1 aromatic rings. The highest BCUT2D eigenvalue weighted by atomic mass is 16.7. The Morgan fingerprint density at radius 1 is 1.07 bits per heavy atom. The van der Waals surface area contributed by atoms with Crippen LogP contribution < -0.4 is 14.8 Å². The minimum absolute atomic E-state index is 0.00117. The van der Waals surface area contributed by atoms with E-state index in [2.05, 4.69) is 10.2 Å². The van der Waals surface area contributed by atoms with Crippen LogP contribution in [0.25, 0.3) is 0 Å². The van der Waals surface area contributed by atoms with Crippen molar-refractivity contribution in [3.8, 4) is 11.5 Å². The molecule has 1 spiro atoms. The summed E-state index contributed by atoms with van der Waals surface area (Å²) in [4.78, 5) is 14.7. The number of hydrogen-bond donors (Lipinski definition) is 1. The van der Waals surface area contributed by atoms with Crippen LogP contribution in [0.4, 0.5) is 5.69 Å². The summed E-state index contributed by atoms with van der Waals surface area (Å²) in [6.07, 6.45) is 6.08. The standard InChI is InChI=1S/C21H28N2O5/c24-19(14-23-9-5-15(6-10-23)20-25-11-12-26-20)22-16-3-4-17-18(13-16)28-21(27-17)7-1-2-8-21/h3-4,13,15,20H,1-2,5-12,14H2,(H,22,24). The van der Waals surface area contributed by atoms with E-state index in [1.54, 1.807) is 0 Å². The fourth-order valence-corrected chi connectivity index (χ4v) is 4.72. The lowest BCUT2D eigenvalue weighted by atomic mass is 9.96. The van der Waals surface area contributed by atoms with Gasteiger partial charge in [0.1, 0.15) is 0 Å². The lowest BCUT2D eigenvalue weighted by Crippen LogP contribution is -2.41. The smallest absolute Gasteiger partial charge is 0.251 e. The Hall–Kier alpha value is -1.83. The van der Waals surface area contributed by atoms with Gasteiger partial charge in [-0.2, -0.15) is 0 Å². The van der Waals surface area contributed by atoms with E-state index in [0.717, 1.165) is 68.8 Å². The maximum atomic E-state index is 12.5. The third-order valence-electron chi connectivity index (χ3n) is 6.22. The number of nitrogens with one attached hydrogen (secondary N) is 1. The van der Waals surface area contributed by atoms with Gasteiger partial charge in [0.25, 0.3) is 5.79 Å². The van der Waals surface area contributed by atoms with Gasteiger partial charge < -0.3 is 24.3 Å². The van der Waals surface area contributed by atoms with Crippen LogP contribution in [0, 0.1) is 5.92 Å². The lowest BCUT2D eigenvalue weighted by molar-refractivity contribution is -0.119. The van der Waals surface area contributed by atoms with Gasteiger partial charge in [-0.1, -0.05) is 0 Å². The van der Waals surface area contributed by atoms with E-state index in [-0.39, 0.29) is 12.2 Å². The summed E-state index contributed by atoms with van der Waals surface area (Å²) in [7, 11) is 0. The Labute approximate surface area is 165 Å². The van der Waals surface area contributed by atoms with Crippen molar-refractivity contribution in [3.05, 3.63) is 18.2 Å². The number of nitrogens with zero attached hydrogens (tertiary/aromatic N) is 1. The molecule has 0 bridgehead atoms. The highest BCUT2D eigenvalue weighted by Gasteiger charge is 2.44. The monoisotopic (exact) mass is 388 g/mol. The Morgan fingerprint density at radius 3 is 2.54 bits per heavy atom. The molecule has 152 valence electrons. The third-order valence-corrected chi connectivity index (χ3v) is 6.22. The fourth-order valence-electron chi connectivity index (χ4n) is 4.72. The Kier molecular flexibility index (Phi) is 4.90. The maximum Gasteiger partial charge on any atom is 0.251 e. The number of anilines is 1. The van der Waals surface area contributed by atoms with Gasteiger partial charge in [0.05, 0.1) is 19.8 Å². The zero-order valence-electron chi connectivity index (χ0n) is 16.2. The molecule has 3 aliphatic heterocycles. The van der Waals surface area contributed by atoms with Crippen LogP contribution in [0.5, 0.6) is 11.5 Å². The van der Waals surface area contributed by atoms with Crippen LogP contribution in [-0.2, 0) is 14.3 Å². The average molecular weight is 388 g/mol. The highest BCUT2D eigenvalue weighted by molar-refractivity contribution is 5.92. The number of likely N-dealkylation sites (tertiary alicyclic amines) is 1. The molecule has 0 unspecified atom stereocenters. The first-order chi connectivity index (χ1) is 13.7. The molecule has 2 saturated heterocycles. The van der Waals surface area contributed by atoms with E-state index in [4.69, 9.17) is 18.9 Å². The van der Waals surface area contributed by atoms with Crippen molar-refractivity contribution in [3.63, 3.8) is 0 Å². The van der Waals surface area contributed by atoms with Gasteiger partial charge in [-0.15, -0.1) is 0 Å². The average Bonchev–Trinajstić information content (AvgIpc) is 3.43. The number of piperidine rings is 1. The van der Waals surface area contributed by atoms with E-state index >= 15 is 0 Å². The Balaban J connectivity index is 1.12. The molecule has 1 aromatic carbocycles. The molecular weight excluding hydrogens is 360 g/mol. The first-order valence-electron chi connectivity index (χ1n) is 10.5. The molecule has 1 amide bonds. The third kappa shape index (κ3) is 3.71. The number of rotatable bonds is 4. The van der Waals surface area contributed by atoms with Gasteiger partial charge in [-0.25, -0.2) is 0 Å². The normalized spacial score (nSPS) is 24.9. The van der Waals surface area contributed by atoms with Crippen molar-refractivity contribution in [1.82, 2.24) is 4.90 Å². The second-order valence-corrected chi connectivity index (χ2v) is 8.26. The van der Waals surface area contributed by atoms with E-state index in [1.165, 1.54) is 0 Å². The minimum atomic E-state index is -0.470. The van der Waals surface area contributed by atoms with Gasteiger partial charge in [0, 0.05) is 30.5 Å². The molecule has 1 saturated carbocycles. The molecule has 1 N–H and O–H groups in total. The number of fused-ring (bicyclic) bond motifs is 1. The highest BCUT2D eigenvalue weighted by Crippen LogP contribution is 2.47. The predicted octanol–water partition coefficient (Wildman–Crippen LogP) is 2.75. The summed E-state index contributed by atoms with van der Waals surface area (Å²) in [5.74, 6) is 1.48. The van der Waals surface area contributed by atoms with Gasteiger partial charge >= 0.3 is 0 Å². The van der Waals surface area contributed by atoms with Gasteiger partial charge in [-0.05, 0) is 50.9 Å². The number of amides is 1. The molecule has 3 heterocycles. The Bertz CT molecular complexity index is 720. The summed E-state index contributed by atoms with van der Waals surface area (Å²) in [6, 6.07) is 5.65. The fraction of sp³-hybridized carbons (Fsp3) is 0.667. The van der Waals surface area contributed by atoms with Crippen LogP contribution in [0.3, 0.4) is 0 Å². The molecule has 5 rings (SSSR count). The number of hydrogen-bond acceptors (Lipinski definition) is 6. The molecule has 0 atom stereocenters. The lowest BCUT2D eigenvalue weighted by Gasteiger charge is -2.33. The topological polar surface area (TPSA) is 69.3 Å². The van der Waals surface area contributed by atoms with Crippen LogP contribution in [-0.4, -0.2) is 55.7 Å². The molecule has 4 aliphatic rings. The number of ether oxygens (including phenoxy) is 4. The predicted molar refractivity (Wildman–Crippen MR) is 102 cm³/mol. The first kappa shape index (κ1) is 18.2. The maximum absolute atomic E-state index is 12.5. The largest absolute Gasteiger partial charge is 0.448 e. The zero-order chi connectivity index (χ0) is 19.0. The van der Waals surface area contributed by atoms with Crippen molar-refractivity contribution in [1.29, 1.82) is 0 Å². The summed E-state index contributed by atoms with van der Waals surface area (Å²) in [6.45, 7) is 3.58. The zero-order valence-corrected chi connectivity index (χ0v) is 16.2. The van der Waals surface area contributed by atoms with E-state index in [9.17, 15) is 4.79 Å². The molecule has 1 aliphatic carbocycles. The second kappa shape index (κ2) is 7.54. The van der Waals surface area contributed by atoms with Crippen LogP contribution in [0.1, 0.15) is 38.5 Å². The van der Waals surface area contributed by atoms with Crippen molar-refractivity contribution >= 4 is 11.6 Å². The molecule has 0 aromatic heterocycles.